The summed E-state index contributed by atoms with van der Waals surface area (Å²) in [5.74, 6) is 7.82. The average Bonchev–Trinajstić information content (AvgIpc) is 2.78. The molecule has 1 aliphatic heterocycles. The van der Waals surface area contributed by atoms with E-state index < -0.39 is 0 Å². The minimum absolute atomic E-state index is 0.578. The first kappa shape index (κ1) is 12.1. The number of nitrogens with two attached hydrogens (primary N) is 1. The summed E-state index contributed by atoms with van der Waals surface area (Å²) in [5.41, 5.74) is 3.66. The highest BCUT2D eigenvalue weighted by atomic mass is 15.3. The number of hydrogen-bond acceptors (Lipinski definition) is 5. The fourth-order valence-electron chi connectivity index (χ4n) is 2.62. The lowest BCUT2D eigenvalue weighted by Gasteiger charge is -2.30. The number of nitrogens with zero attached hydrogens (tertiary/aromatic N) is 3. The molecule has 0 spiro atoms. The SMILES string of the molecule is Cc1c(NN)ncnc1N1CCCC1C(C)C. The fourth-order valence-corrected chi connectivity index (χ4v) is 2.62. The summed E-state index contributed by atoms with van der Waals surface area (Å²) in [6.45, 7) is 7.62. The van der Waals surface area contributed by atoms with Crippen molar-refractivity contribution in [2.24, 2.45) is 11.8 Å². The number of hydrogen-bond donors (Lipinski definition) is 2. The molecule has 1 aliphatic rings. The second-order valence-electron chi connectivity index (χ2n) is 4.96. The van der Waals surface area contributed by atoms with Crippen molar-refractivity contribution in [1.29, 1.82) is 0 Å². The highest BCUT2D eigenvalue weighted by Crippen LogP contribution is 2.31. The molecular weight excluding hydrogens is 214 g/mol. The second-order valence-corrected chi connectivity index (χ2v) is 4.96. The first-order valence-corrected chi connectivity index (χ1v) is 6.20. The normalized spacial score (nSPS) is 20.1. The molecule has 2 heterocycles. The van der Waals surface area contributed by atoms with Gasteiger partial charge in [-0.15, -0.1) is 0 Å². The zero-order chi connectivity index (χ0) is 12.4. The van der Waals surface area contributed by atoms with Crippen LogP contribution in [0.4, 0.5) is 11.6 Å². The summed E-state index contributed by atoms with van der Waals surface area (Å²) in [4.78, 5) is 10.9. The van der Waals surface area contributed by atoms with Gasteiger partial charge in [0.05, 0.1) is 0 Å². The van der Waals surface area contributed by atoms with Crippen LogP contribution in [0.15, 0.2) is 6.33 Å². The third-order valence-electron chi connectivity index (χ3n) is 3.54. The molecule has 0 saturated carbocycles. The van der Waals surface area contributed by atoms with Gasteiger partial charge in [0.25, 0.3) is 0 Å². The van der Waals surface area contributed by atoms with E-state index in [1.165, 1.54) is 12.8 Å². The molecule has 2 rings (SSSR count). The summed E-state index contributed by atoms with van der Waals surface area (Å²) in [6.07, 6.45) is 4.05. The molecular formula is C12H21N5. The maximum atomic E-state index is 5.45. The number of nitrogen functional groups attached to an aromatic ring is 1. The van der Waals surface area contributed by atoms with Gasteiger partial charge in [0.2, 0.25) is 0 Å². The van der Waals surface area contributed by atoms with Crippen LogP contribution in [0.2, 0.25) is 0 Å². The van der Waals surface area contributed by atoms with Crippen molar-refractivity contribution in [3.63, 3.8) is 0 Å². The van der Waals surface area contributed by atoms with Gasteiger partial charge in [0.15, 0.2) is 0 Å². The van der Waals surface area contributed by atoms with E-state index in [1.807, 2.05) is 6.92 Å². The van der Waals surface area contributed by atoms with Crippen molar-refractivity contribution in [2.75, 3.05) is 16.9 Å². The number of hydrazine groups is 1. The fraction of sp³-hybridized carbons (Fsp3) is 0.667. The smallest absolute Gasteiger partial charge is 0.148 e. The van der Waals surface area contributed by atoms with E-state index in [9.17, 15) is 0 Å². The summed E-state index contributed by atoms with van der Waals surface area (Å²) in [5, 5.41) is 0. The van der Waals surface area contributed by atoms with Gasteiger partial charge in [-0.05, 0) is 25.7 Å². The maximum absolute atomic E-state index is 5.45. The topological polar surface area (TPSA) is 67.1 Å². The Hall–Kier alpha value is -1.36. The summed E-state index contributed by atoms with van der Waals surface area (Å²) in [7, 11) is 0. The summed E-state index contributed by atoms with van der Waals surface area (Å²) < 4.78 is 0. The van der Waals surface area contributed by atoms with Crippen LogP contribution in [0.25, 0.3) is 0 Å². The number of rotatable bonds is 3. The molecule has 5 heteroatoms. The molecule has 0 bridgehead atoms. The average molecular weight is 235 g/mol. The van der Waals surface area contributed by atoms with Gasteiger partial charge in [0, 0.05) is 18.2 Å². The lowest BCUT2D eigenvalue weighted by Crippen LogP contribution is -2.34. The van der Waals surface area contributed by atoms with E-state index in [2.05, 4.69) is 34.1 Å². The molecule has 1 unspecified atom stereocenters. The largest absolute Gasteiger partial charge is 0.353 e. The van der Waals surface area contributed by atoms with Crippen molar-refractivity contribution < 1.29 is 0 Å². The van der Waals surface area contributed by atoms with E-state index >= 15 is 0 Å². The van der Waals surface area contributed by atoms with E-state index in [1.54, 1.807) is 6.33 Å². The minimum atomic E-state index is 0.578. The lowest BCUT2D eigenvalue weighted by molar-refractivity contribution is 0.489. The van der Waals surface area contributed by atoms with Crippen LogP contribution in [0.5, 0.6) is 0 Å². The first-order chi connectivity index (χ1) is 8.15. The van der Waals surface area contributed by atoms with E-state index in [-0.39, 0.29) is 0 Å². The van der Waals surface area contributed by atoms with Crippen LogP contribution in [0.3, 0.4) is 0 Å². The highest BCUT2D eigenvalue weighted by molar-refractivity contribution is 5.58. The lowest BCUT2D eigenvalue weighted by atomic mass is 10.0. The molecule has 1 saturated heterocycles. The molecule has 0 radical (unpaired) electrons. The van der Waals surface area contributed by atoms with Gasteiger partial charge < -0.3 is 10.3 Å². The van der Waals surface area contributed by atoms with Crippen molar-refractivity contribution in [3.8, 4) is 0 Å². The van der Waals surface area contributed by atoms with E-state index in [0.29, 0.717) is 17.8 Å². The highest BCUT2D eigenvalue weighted by Gasteiger charge is 2.29. The van der Waals surface area contributed by atoms with Crippen molar-refractivity contribution in [3.05, 3.63) is 11.9 Å². The quantitative estimate of drug-likeness (QED) is 0.616. The monoisotopic (exact) mass is 235 g/mol. The van der Waals surface area contributed by atoms with Gasteiger partial charge in [-0.25, -0.2) is 15.8 Å². The van der Waals surface area contributed by atoms with Crippen LogP contribution < -0.4 is 16.2 Å². The summed E-state index contributed by atoms with van der Waals surface area (Å²) in [6, 6.07) is 0.578. The molecule has 94 valence electrons. The van der Waals surface area contributed by atoms with E-state index in [0.717, 1.165) is 17.9 Å². The predicted octanol–water partition coefficient (Wildman–Crippen LogP) is 1.70. The maximum Gasteiger partial charge on any atom is 0.148 e. The standard InChI is InChI=1S/C12H21N5/c1-8(2)10-5-4-6-17(10)12-9(3)11(16-13)14-7-15-12/h7-8,10H,4-6,13H2,1-3H3,(H,14,15,16). The molecule has 0 amide bonds. The van der Waals surface area contributed by atoms with Gasteiger partial charge in [-0.3, -0.25) is 0 Å². The molecule has 1 atom stereocenters. The molecule has 1 aromatic heterocycles. The molecule has 5 nitrogen and oxygen atoms in total. The molecule has 1 aromatic rings. The molecule has 0 aliphatic carbocycles. The molecule has 0 aromatic carbocycles. The van der Waals surface area contributed by atoms with Crippen LogP contribution in [0, 0.1) is 12.8 Å². The Morgan fingerprint density at radius 3 is 2.88 bits per heavy atom. The van der Waals surface area contributed by atoms with Gasteiger partial charge in [-0.2, -0.15) is 0 Å². The Labute approximate surface area is 102 Å². The Morgan fingerprint density at radius 2 is 2.24 bits per heavy atom. The van der Waals surface area contributed by atoms with Gasteiger partial charge in [-0.1, -0.05) is 13.8 Å². The van der Waals surface area contributed by atoms with Crippen molar-refractivity contribution >= 4 is 11.6 Å². The van der Waals surface area contributed by atoms with Crippen LogP contribution in [-0.2, 0) is 0 Å². The van der Waals surface area contributed by atoms with E-state index in [4.69, 9.17) is 5.84 Å². The van der Waals surface area contributed by atoms with Crippen LogP contribution >= 0.6 is 0 Å². The Kier molecular flexibility index (Phi) is 3.47. The van der Waals surface area contributed by atoms with Crippen LogP contribution in [-0.4, -0.2) is 22.6 Å². The minimum Gasteiger partial charge on any atom is -0.353 e. The predicted molar refractivity (Wildman–Crippen MR) is 69.8 cm³/mol. The van der Waals surface area contributed by atoms with Crippen LogP contribution in [0.1, 0.15) is 32.3 Å². The molecule has 1 fully saturated rings. The first-order valence-electron chi connectivity index (χ1n) is 6.20. The van der Waals surface area contributed by atoms with Crippen molar-refractivity contribution in [1.82, 2.24) is 9.97 Å². The number of aromatic nitrogens is 2. The molecule has 17 heavy (non-hydrogen) atoms. The second kappa shape index (κ2) is 4.87. The Morgan fingerprint density at radius 1 is 1.47 bits per heavy atom. The Balaban J connectivity index is 2.33. The van der Waals surface area contributed by atoms with Gasteiger partial charge >= 0.3 is 0 Å². The third kappa shape index (κ3) is 2.20. The van der Waals surface area contributed by atoms with Crippen molar-refractivity contribution in [2.45, 2.75) is 39.7 Å². The zero-order valence-corrected chi connectivity index (χ0v) is 10.8. The number of nitrogens with one attached hydrogen (secondary N) is 1. The number of anilines is 2. The Bertz CT molecular complexity index is 390. The third-order valence-corrected chi connectivity index (χ3v) is 3.54. The molecule has 3 N–H and O–H groups in total. The summed E-state index contributed by atoms with van der Waals surface area (Å²) >= 11 is 0. The zero-order valence-electron chi connectivity index (χ0n) is 10.8. The van der Waals surface area contributed by atoms with Gasteiger partial charge in [0.1, 0.15) is 18.0 Å².